The van der Waals surface area contributed by atoms with Crippen LogP contribution in [-0.4, -0.2) is 49.7 Å². The van der Waals surface area contributed by atoms with E-state index in [-0.39, 0.29) is 6.54 Å². The van der Waals surface area contributed by atoms with Gasteiger partial charge in [0.1, 0.15) is 5.82 Å². The van der Waals surface area contributed by atoms with Crippen molar-refractivity contribution in [2.75, 3.05) is 32.9 Å². The van der Waals surface area contributed by atoms with E-state index in [1.165, 1.54) is 6.07 Å². The number of hydrogen-bond acceptors (Lipinski definition) is 5. The van der Waals surface area contributed by atoms with E-state index < -0.39 is 24.3 Å². The van der Waals surface area contributed by atoms with Crippen molar-refractivity contribution in [3.63, 3.8) is 0 Å². The average molecular weight is 386 g/mol. The zero-order valence-corrected chi connectivity index (χ0v) is 15.5. The van der Waals surface area contributed by atoms with E-state index in [1.807, 2.05) is 12.1 Å². The second kappa shape index (κ2) is 9.96. The van der Waals surface area contributed by atoms with Crippen molar-refractivity contribution >= 4 is 11.9 Å². The highest BCUT2D eigenvalue weighted by Crippen LogP contribution is 2.10. The van der Waals surface area contributed by atoms with Gasteiger partial charge >= 0.3 is 5.97 Å². The van der Waals surface area contributed by atoms with Crippen LogP contribution < -0.4 is 5.32 Å². The third-order valence-corrected chi connectivity index (χ3v) is 4.47. The van der Waals surface area contributed by atoms with Gasteiger partial charge in [0.2, 0.25) is 0 Å². The lowest BCUT2D eigenvalue weighted by atomic mass is 10.1. The van der Waals surface area contributed by atoms with E-state index in [0.29, 0.717) is 11.1 Å². The van der Waals surface area contributed by atoms with Crippen molar-refractivity contribution in [2.45, 2.75) is 13.1 Å². The minimum Gasteiger partial charge on any atom is -0.452 e. The van der Waals surface area contributed by atoms with Gasteiger partial charge in [-0.05, 0) is 23.8 Å². The van der Waals surface area contributed by atoms with Crippen molar-refractivity contribution in [1.82, 2.24) is 10.2 Å². The molecular weight excluding hydrogens is 363 g/mol. The highest BCUT2D eigenvalue weighted by molar-refractivity contribution is 5.91. The topological polar surface area (TPSA) is 67.9 Å². The molecule has 1 N–H and O–H groups in total. The maximum absolute atomic E-state index is 13.5. The summed E-state index contributed by atoms with van der Waals surface area (Å²) in [4.78, 5) is 26.2. The number of nitrogens with one attached hydrogen (secondary N) is 1. The Morgan fingerprint density at radius 2 is 1.79 bits per heavy atom. The fourth-order valence-corrected chi connectivity index (χ4v) is 2.86. The minimum atomic E-state index is -0.570. The van der Waals surface area contributed by atoms with Crippen molar-refractivity contribution in [3.8, 4) is 0 Å². The van der Waals surface area contributed by atoms with Gasteiger partial charge in [-0.3, -0.25) is 9.69 Å². The predicted molar refractivity (Wildman–Crippen MR) is 101 cm³/mol. The molecule has 7 heteroatoms. The fraction of sp³-hybridized carbons (Fsp3) is 0.333. The van der Waals surface area contributed by atoms with E-state index in [1.54, 1.807) is 30.3 Å². The fourth-order valence-electron chi connectivity index (χ4n) is 2.86. The van der Waals surface area contributed by atoms with Crippen molar-refractivity contribution in [3.05, 3.63) is 71.0 Å². The first-order valence-corrected chi connectivity index (χ1v) is 9.18. The average Bonchev–Trinajstić information content (AvgIpc) is 2.73. The van der Waals surface area contributed by atoms with E-state index in [2.05, 4.69) is 10.2 Å². The van der Waals surface area contributed by atoms with Gasteiger partial charge in [-0.2, -0.15) is 0 Å². The standard InChI is InChI=1S/C21H23FN2O4/c22-19-4-2-1-3-18(19)13-23-20(25)15-28-21(26)17-7-5-16(6-8-17)14-24-9-11-27-12-10-24/h1-8H,9-15H2,(H,23,25). The van der Waals surface area contributed by atoms with Gasteiger partial charge in [0.05, 0.1) is 18.8 Å². The summed E-state index contributed by atoms with van der Waals surface area (Å²) in [5, 5.41) is 2.53. The Labute approximate surface area is 163 Å². The normalized spacial score (nSPS) is 14.5. The minimum absolute atomic E-state index is 0.0410. The van der Waals surface area contributed by atoms with Crippen LogP contribution >= 0.6 is 0 Å². The Balaban J connectivity index is 1.42. The Kier molecular flexibility index (Phi) is 7.11. The summed E-state index contributed by atoms with van der Waals surface area (Å²) < 4.78 is 23.9. The van der Waals surface area contributed by atoms with Crippen molar-refractivity contribution < 1.29 is 23.5 Å². The molecule has 0 aromatic heterocycles. The zero-order chi connectivity index (χ0) is 19.8. The summed E-state index contributed by atoms with van der Waals surface area (Å²) in [6.07, 6.45) is 0. The zero-order valence-electron chi connectivity index (χ0n) is 15.5. The number of hydrogen-bond donors (Lipinski definition) is 1. The van der Waals surface area contributed by atoms with Gasteiger partial charge in [-0.1, -0.05) is 30.3 Å². The van der Waals surface area contributed by atoms with Gasteiger partial charge in [0, 0.05) is 31.7 Å². The molecule has 1 aliphatic heterocycles. The van der Waals surface area contributed by atoms with Crippen LogP contribution in [0.3, 0.4) is 0 Å². The number of carbonyl (C=O) groups excluding carboxylic acids is 2. The largest absolute Gasteiger partial charge is 0.452 e. The number of carbonyl (C=O) groups is 2. The van der Waals surface area contributed by atoms with Crippen LogP contribution in [0.4, 0.5) is 4.39 Å². The van der Waals surface area contributed by atoms with Crippen molar-refractivity contribution in [2.24, 2.45) is 0 Å². The Morgan fingerprint density at radius 1 is 1.07 bits per heavy atom. The molecule has 0 aliphatic carbocycles. The number of morpholine rings is 1. The van der Waals surface area contributed by atoms with E-state index in [4.69, 9.17) is 9.47 Å². The third kappa shape index (κ3) is 5.87. The molecule has 1 fully saturated rings. The van der Waals surface area contributed by atoms with Crippen LogP contribution in [0, 0.1) is 5.82 Å². The van der Waals surface area contributed by atoms with Crippen molar-refractivity contribution in [1.29, 1.82) is 0 Å². The summed E-state index contributed by atoms with van der Waals surface area (Å²) in [5.41, 5.74) is 1.85. The smallest absolute Gasteiger partial charge is 0.338 e. The maximum Gasteiger partial charge on any atom is 0.338 e. The molecule has 0 spiro atoms. The first kappa shape index (κ1) is 20.0. The Bertz CT molecular complexity index is 804. The second-order valence-electron chi connectivity index (χ2n) is 6.53. The van der Waals surface area contributed by atoms with Crippen LogP contribution in [0.2, 0.25) is 0 Å². The van der Waals surface area contributed by atoms with E-state index in [9.17, 15) is 14.0 Å². The SMILES string of the molecule is O=C(COC(=O)c1ccc(CN2CCOCC2)cc1)NCc1ccccc1F. The molecule has 6 nitrogen and oxygen atoms in total. The molecule has 1 saturated heterocycles. The number of benzene rings is 2. The summed E-state index contributed by atoms with van der Waals surface area (Å²) in [5.74, 6) is -1.45. The number of nitrogens with zero attached hydrogens (tertiary/aromatic N) is 1. The van der Waals surface area contributed by atoms with E-state index >= 15 is 0 Å². The summed E-state index contributed by atoms with van der Waals surface area (Å²) in [6, 6.07) is 13.3. The molecule has 2 aromatic rings. The highest BCUT2D eigenvalue weighted by Gasteiger charge is 2.13. The molecule has 1 heterocycles. The number of amides is 1. The number of halogens is 1. The third-order valence-electron chi connectivity index (χ3n) is 4.47. The molecule has 3 rings (SSSR count). The van der Waals surface area contributed by atoms with Crippen LogP contribution in [-0.2, 0) is 27.4 Å². The molecule has 0 saturated carbocycles. The maximum atomic E-state index is 13.5. The predicted octanol–water partition coefficient (Wildman–Crippen LogP) is 2.13. The molecule has 148 valence electrons. The number of rotatable bonds is 7. The number of ether oxygens (including phenoxy) is 2. The van der Waals surface area contributed by atoms with E-state index in [0.717, 1.165) is 38.4 Å². The summed E-state index contributed by atoms with van der Waals surface area (Å²) >= 11 is 0. The molecule has 2 aromatic carbocycles. The first-order valence-electron chi connectivity index (χ1n) is 9.18. The van der Waals surface area contributed by atoms with Gasteiger partial charge < -0.3 is 14.8 Å². The van der Waals surface area contributed by atoms with Gasteiger partial charge in [-0.25, -0.2) is 9.18 Å². The Hall–Kier alpha value is -2.77. The number of esters is 1. The van der Waals surface area contributed by atoms with Crippen LogP contribution in [0.1, 0.15) is 21.5 Å². The van der Waals surface area contributed by atoms with Gasteiger partial charge in [0.25, 0.3) is 5.91 Å². The van der Waals surface area contributed by atoms with Gasteiger partial charge in [-0.15, -0.1) is 0 Å². The summed E-state index contributed by atoms with van der Waals surface area (Å²) in [7, 11) is 0. The lowest BCUT2D eigenvalue weighted by molar-refractivity contribution is -0.124. The molecule has 0 bridgehead atoms. The molecule has 0 atom stereocenters. The first-order chi connectivity index (χ1) is 13.6. The monoisotopic (exact) mass is 386 g/mol. The molecule has 0 radical (unpaired) electrons. The molecule has 0 unspecified atom stereocenters. The van der Waals surface area contributed by atoms with Crippen LogP contribution in [0.25, 0.3) is 0 Å². The molecule has 1 aliphatic rings. The lowest BCUT2D eigenvalue weighted by Gasteiger charge is -2.26. The molecular formula is C21H23FN2O4. The Morgan fingerprint density at radius 3 is 2.50 bits per heavy atom. The van der Waals surface area contributed by atoms with Gasteiger partial charge in [0.15, 0.2) is 6.61 Å². The highest BCUT2D eigenvalue weighted by atomic mass is 19.1. The molecule has 28 heavy (non-hydrogen) atoms. The second-order valence-corrected chi connectivity index (χ2v) is 6.53. The quantitative estimate of drug-likeness (QED) is 0.739. The molecule has 1 amide bonds. The summed E-state index contributed by atoms with van der Waals surface area (Å²) in [6.45, 7) is 3.70. The van der Waals surface area contributed by atoms with Crippen LogP contribution in [0.5, 0.6) is 0 Å². The van der Waals surface area contributed by atoms with Crippen LogP contribution in [0.15, 0.2) is 48.5 Å². The lowest BCUT2D eigenvalue weighted by Crippen LogP contribution is -2.35.